The predicted molar refractivity (Wildman–Crippen MR) is 77.8 cm³/mol. The average molecular weight is 280 g/mol. The molecule has 4 heteroatoms. The van der Waals surface area contributed by atoms with Crippen molar-refractivity contribution in [1.29, 1.82) is 0 Å². The third-order valence-corrected chi connectivity index (χ3v) is 4.27. The first-order chi connectivity index (χ1) is 9.66. The molecule has 1 fully saturated rings. The zero-order valence-electron chi connectivity index (χ0n) is 12.2. The maximum Gasteiger partial charge on any atom is 0.141 e. The van der Waals surface area contributed by atoms with E-state index in [-0.39, 0.29) is 18.0 Å². The zero-order valence-corrected chi connectivity index (χ0v) is 12.2. The molecule has 2 N–H and O–H groups in total. The maximum absolute atomic E-state index is 12.8. The predicted octanol–water partition coefficient (Wildman–Crippen LogP) is 3.20. The third-order valence-electron chi connectivity index (χ3n) is 4.27. The van der Waals surface area contributed by atoms with Crippen molar-refractivity contribution < 1.29 is 9.50 Å². The van der Waals surface area contributed by atoms with Crippen LogP contribution in [0.15, 0.2) is 18.3 Å². The molecule has 0 amide bonds. The second-order valence-corrected chi connectivity index (χ2v) is 5.83. The quantitative estimate of drug-likeness (QED) is 0.787. The van der Waals surface area contributed by atoms with Gasteiger partial charge in [-0.3, -0.25) is 4.98 Å². The van der Waals surface area contributed by atoms with Crippen molar-refractivity contribution >= 4 is 0 Å². The van der Waals surface area contributed by atoms with Gasteiger partial charge in [0.2, 0.25) is 0 Å². The summed E-state index contributed by atoms with van der Waals surface area (Å²) in [5.41, 5.74) is 0.865. The van der Waals surface area contributed by atoms with Gasteiger partial charge in [-0.1, -0.05) is 12.8 Å². The smallest absolute Gasteiger partial charge is 0.141 e. The van der Waals surface area contributed by atoms with Crippen LogP contribution in [0.2, 0.25) is 0 Å². The molecule has 1 aliphatic rings. The number of hydrogen-bond donors (Lipinski definition) is 2. The minimum absolute atomic E-state index is 0.0973. The Bertz CT molecular complexity index is 396. The van der Waals surface area contributed by atoms with Gasteiger partial charge in [0.05, 0.1) is 18.0 Å². The van der Waals surface area contributed by atoms with E-state index in [9.17, 15) is 9.50 Å². The molecule has 1 saturated carbocycles. The summed E-state index contributed by atoms with van der Waals surface area (Å²) in [7, 11) is 0. The highest BCUT2D eigenvalue weighted by Crippen LogP contribution is 2.27. The second kappa shape index (κ2) is 7.70. The van der Waals surface area contributed by atoms with Crippen molar-refractivity contribution in [2.75, 3.05) is 6.54 Å². The SMILES string of the molecule is CC(NCCCC1CCCCC1O)c1ccc(F)cn1. The van der Waals surface area contributed by atoms with E-state index in [1.165, 1.54) is 25.1 Å². The molecule has 0 aromatic carbocycles. The van der Waals surface area contributed by atoms with Gasteiger partial charge in [-0.2, -0.15) is 0 Å². The Hall–Kier alpha value is -1.00. The summed E-state index contributed by atoms with van der Waals surface area (Å²) in [6.07, 6.45) is 7.86. The van der Waals surface area contributed by atoms with Gasteiger partial charge >= 0.3 is 0 Å². The molecular weight excluding hydrogens is 255 g/mol. The lowest BCUT2D eigenvalue weighted by Gasteiger charge is -2.27. The molecule has 20 heavy (non-hydrogen) atoms. The van der Waals surface area contributed by atoms with E-state index in [1.807, 2.05) is 6.92 Å². The van der Waals surface area contributed by atoms with Crippen LogP contribution in [-0.2, 0) is 0 Å². The van der Waals surface area contributed by atoms with Crippen molar-refractivity contribution in [3.8, 4) is 0 Å². The molecule has 0 spiro atoms. The number of nitrogens with one attached hydrogen (secondary N) is 1. The monoisotopic (exact) mass is 280 g/mol. The molecular formula is C16H25FN2O. The highest BCUT2D eigenvalue weighted by molar-refractivity contribution is 5.08. The highest BCUT2D eigenvalue weighted by Gasteiger charge is 2.22. The van der Waals surface area contributed by atoms with Crippen LogP contribution in [0.3, 0.4) is 0 Å². The average Bonchev–Trinajstić information content (AvgIpc) is 2.46. The zero-order chi connectivity index (χ0) is 14.4. The molecule has 2 rings (SSSR count). The Labute approximate surface area is 120 Å². The van der Waals surface area contributed by atoms with E-state index in [1.54, 1.807) is 6.07 Å². The van der Waals surface area contributed by atoms with E-state index in [2.05, 4.69) is 10.3 Å². The van der Waals surface area contributed by atoms with Gasteiger partial charge in [0.25, 0.3) is 0 Å². The van der Waals surface area contributed by atoms with Gasteiger partial charge in [-0.25, -0.2) is 4.39 Å². The van der Waals surface area contributed by atoms with Crippen molar-refractivity contribution in [1.82, 2.24) is 10.3 Å². The number of pyridine rings is 1. The molecule has 3 atom stereocenters. The lowest BCUT2D eigenvalue weighted by atomic mass is 9.83. The van der Waals surface area contributed by atoms with Crippen LogP contribution in [0.25, 0.3) is 0 Å². The van der Waals surface area contributed by atoms with Crippen LogP contribution in [0, 0.1) is 11.7 Å². The minimum Gasteiger partial charge on any atom is -0.393 e. The van der Waals surface area contributed by atoms with E-state index < -0.39 is 0 Å². The number of aromatic nitrogens is 1. The van der Waals surface area contributed by atoms with Crippen molar-refractivity contribution in [2.24, 2.45) is 5.92 Å². The van der Waals surface area contributed by atoms with E-state index >= 15 is 0 Å². The normalized spacial score (nSPS) is 24.6. The van der Waals surface area contributed by atoms with Crippen LogP contribution in [-0.4, -0.2) is 22.7 Å². The fraction of sp³-hybridized carbons (Fsp3) is 0.688. The Morgan fingerprint density at radius 3 is 2.90 bits per heavy atom. The second-order valence-electron chi connectivity index (χ2n) is 5.83. The number of halogens is 1. The fourth-order valence-electron chi connectivity index (χ4n) is 2.96. The van der Waals surface area contributed by atoms with E-state index in [0.29, 0.717) is 5.92 Å². The van der Waals surface area contributed by atoms with Gasteiger partial charge in [-0.15, -0.1) is 0 Å². The van der Waals surface area contributed by atoms with Gasteiger partial charge < -0.3 is 10.4 Å². The van der Waals surface area contributed by atoms with Crippen LogP contribution in [0.4, 0.5) is 4.39 Å². The van der Waals surface area contributed by atoms with Gasteiger partial charge in [0, 0.05) is 6.04 Å². The number of aliphatic hydroxyl groups excluding tert-OH is 1. The van der Waals surface area contributed by atoms with Crippen LogP contribution < -0.4 is 5.32 Å². The molecule has 3 unspecified atom stereocenters. The first-order valence-electron chi connectivity index (χ1n) is 7.69. The largest absolute Gasteiger partial charge is 0.393 e. The minimum atomic E-state index is -0.299. The van der Waals surface area contributed by atoms with Crippen molar-refractivity contribution in [3.05, 3.63) is 29.8 Å². The number of hydrogen-bond acceptors (Lipinski definition) is 3. The molecule has 0 bridgehead atoms. The summed E-state index contributed by atoms with van der Waals surface area (Å²) in [6, 6.07) is 3.29. The molecule has 0 radical (unpaired) electrons. The molecule has 1 aromatic rings. The molecule has 1 aliphatic carbocycles. The Morgan fingerprint density at radius 2 is 2.20 bits per heavy atom. The number of aliphatic hydroxyl groups is 1. The summed E-state index contributed by atoms with van der Waals surface area (Å²) in [4.78, 5) is 4.08. The van der Waals surface area contributed by atoms with Crippen LogP contribution in [0.1, 0.15) is 57.2 Å². The van der Waals surface area contributed by atoms with Crippen molar-refractivity contribution in [2.45, 2.75) is 57.6 Å². The summed E-state index contributed by atoms with van der Waals surface area (Å²) in [5, 5.41) is 13.3. The molecule has 1 aromatic heterocycles. The standard InChI is InChI=1S/C16H25FN2O/c1-12(15-9-8-14(17)11-19-15)18-10-4-6-13-5-2-3-7-16(13)20/h8-9,11-13,16,18,20H,2-7,10H2,1H3. The topological polar surface area (TPSA) is 45.1 Å². The van der Waals surface area contributed by atoms with Crippen LogP contribution in [0.5, 0.6) is 0 Å². The Kier molecular flexibility index (Phi) is 5.92. The molecule has 0 aliphatic heterocycles. The number of nitrogens with zero attached hydrogens (tertiary/aromatic N) is 1. The maximum atomic E-state index is 12.8. The summed E-state index contributed by atoms with van der Waals surface area (Å²) in [6.45, 7) is 2.94. The third kappa shape index (κ3) is 4.53. The molecule has 1 heterocycles. The highest BCUT2D eigenvalue weighted by atomic mass is 19.1. The first kappa shape index (κ1) is 15.4. The fourth-order valence-corrected chi connectivity index (χ4v) is 2.96. The van der Waals surface area contributed by atoms with Crippen LogP contribution >= 0.6 is 0 Å². The summed E-state index contributed by atoms with van der Waals surface area (Å²) >= 11 is 0. The molecule has 3 nitrogen and oxygen atoms in total. The molecule has 112 valence electrons. The van der Waals surface area contributed by atoms with E-state index in [4.69, 9.17) is 0 Å². The van der Waals surface area contributed by atoms with Gasteiger partial charge in [0.1, 0.15) is 5.82 Å². The number of rotatable bonds is 6. The lowest BCUT2D eigenvalue weighted by molar-refractivity contribution is 0.0642. The van der Waals surface area contributed by atoms with Gasteiger partial charge in [0.15, 0.2) is 0 Å². The summed E-state index contributed by atoms with van der Waals surface area (Å²) < 4.78 is 12.8. The molecule has 0 saturated heterocycles. The lowest BCUT2D eigenvalue weighted by Crippen LogP contribution is -2.26. The van der Waals surface area contributed by atoms with Gasteiger partial charge in [-0.05, 0) is 57.2 Å². The first-order valence-corrected chi connectivity index (χ1v) is 7.69. The summed E-state index contributed by atoms with van der Waals surface area (Å²) in [5.74, 6) is 0.178. The van der Waals surface area contributed by atoms with E-state index in [0.717, 1.165) is 37.9 Å². The Balaban J connectivity index is 1.66. The van der Waals surface area contributed by atoms with Crippen molar-refractivity contribution in [3.63, 3.8) is 0 Å². The Morgan fingerprint density at radius 1 is 1.40 bits per heavy atom.